The van der Waals surface area contributed by atoms with Gasteiger partial charge in [0.2, 0.25) is 0 Å². The van der Waals surface area contributed by atoms with Gasteiger partial charge in [-0.05, 0) is 15.9 Å². The summed E-state index contributed by atoms with van der Waals surface area (Å²) in [6, 6.07) is 0.339. The third kappa shape index (κ3) is 1.29. The molecule has 11 heavy (non-hydrogen) atoms. The molecular weight excluding hydrogens is 272 g/mol. The zero-order chi connectivity index (χ0) is 7.84. The minimum Gasteiger partial charge on any atom is -0.301 e. The summed E-state index contributed by atoms with van der Waals surface area (Å²) in [6.45, 7) is 0. The second-order valence-electron chi connectivity index (χ2n) is 2.53. The van der Waals surface area contributed by atoms with Crippen LogP contribution >= 0.6 is 31.9 Å². The van der Waals surface area contributed by atoms with Gasteiger partial charge < -0.3 is 5.43 Å². The fraction of sp³-hybridized carbons (Fsp3) is 0.286. The Morgan fingerprint density at radius 3 is 3.09 bits per heavy atom. The van der Waals surface area contributed by atoms with Crippen LogP contribution in [-0.4, -0.2) is 10.7 Å². The zero-order valence-corrected chi connectivity index (χ0v) is 8.76. The van der Waals surface area contributed by atoms with Gasteiger partial charge in [-0.2, -0.15) is 5.10 Å². The third-order valence-corrected chi connectivity index (χ3v) is 3.02. The molecule has 2 nitrogen and oxygen atoms in total. The first kappa shape index (κ1) is 7.55. The largest absolute Gasteiger partial charge is 0.301 e. The quantitative estimate of drug-likeness (QED) is 0.721. The van der Waals surface area contributed by atoms with Crippen LogP contribution in [0, 0.1) is 5.92 Å². The molecule has 0 aromatic rings. The van der Waals surface area contributed by atoms with E-state index in [1.807, 2.05) is 6.08 Å². The van der Waals surface area contributed by atoms with E-state index in [0.717, 1.165) is 9.10 Å². The predicted molar refractivity (Wildman–Crippen MR) is 52.9 cm³/mol. The van der Waals surface area contributed by atoms with E-state index in [2.05, 4.69) is 54.5 Å². The van der Waals surface area contributed by atoms with Gasteiger partial charge in [0, 0.05) is 4.48 Å². The van der Waals surface area contributed by atoms with Crippen LogP contribution in [0.15, 0.2) is 27.8 Å². The average molecular weight is 278 g/mol. The van der Waals surface area contributed by atoms with Gasteiger partial charge in [-0.3, -0.25) is 0 Å². The third-order valence-electron chi connectivity index (χ3n) is 1.78. The van der Waals surface area contributed by atoms with Crippen molar-refractivity contribution in [2.24, 2.45) is 11.0 Å². The predicted octanol–water partition coefficient (Wildman–Crippen LogP) is 2.13. The molecule has 1 aliphatic carbocycles. The summed E-state index contributed by atoms with van der Waals surface area (Å²) in [5.41, 5.74) is 3.02. The van der Waals surface area contributed by atoms with Gasteiger partial charge in [0.25, 0.3) is 0 Å². The van der Waals surface area contributed by atoms with E-state index >= 15 is 0 Å². The average Bonchev–Trinajstić information content (AvgIpc) is 2.33. The number of allylic oxidation sites excluding steroid dienone is 2. The molecule has 0 saturated heterocycles. The smallest absolute Gasteiger partial charge is 0.112 e. The number of hydrazone groups is 1. The maximum Gasteiger partial charge on any atom is 0.112 e. The van der Waals surface area contributed by atoms with Crippen LogP contribution in [0.2, 0.25) is 0 Å². The highest BCUT2D eigenvalue weighted by atomic mass is 79.9. The molecule has 0 unspecified atom stereocenters. The SMILES string of the molecule is BrC1=C[C@@H]2C(Br)=NN[C@@H]2C=C1. The zero-order valence-electron chi connectivity index (χ0n) is 5.59. The summed E-state index contributed by atoms with van der Waals surface area (Å²) >= 11 is 6.82. The molecule has 2 rings (SSSR count). The number of rotatable bonds is 0. The number of nitrogens with zero attached hydrogens (tertiary/aromatic N) is 1. The maximum atomic E-state index is 4.08. The number of fused-ring (bicyclic) bond motifs is 1. The van der Waals surface area contributed by atoms with Crippen molar-refractivity contribution in [3.05, 3.63) is 22.7 Å². The van der Waals surface area contributed by atoms with Crippen LogP contribution < -0.4 is 5.43 Å². The topological polar surface area (TPSA) is 24.4 Å². The summed E-state index contributed by atoms with van der Waals surface area (Å²) < 4.78 is 2.10. The number of halogens is 2. The number of nitrogens with one attached hydrogen (secondary N) is 1. The second kappa shape index (κ2) is 2.75. The summed E-state index contributed by atoms with van der Waals surface area (Å²) in [7, 11) is 0. The molecule has 1 heterocycles. The number of hydrogen-bond donors (Lipinski definition) is 1. The Balaban J connectivity index is 2.29. The molecule has 58 valence electrons. The van der Waals surface area contributed by atoms with Gasteiger partial charge >= 0.3 is 0 Å². The van der Waals surface area contributed by atoms with Crippen molar-refractivity contribution >= 4 is 36.5 Å². The molecule has 1 aliphatic heterocycles. The molecule has 0 fully saturated rings. The molecule has 0 aromatic heterocycles. The normalized spacial score (nSPS) is 34.0. The summed E-state index contributed by atoms with van der Waals surface area (Å²) in [5.74, 6) is 0.370. The number of hydrogen-bond acceptors (Lipinski definition) is 2. The van der Waals surface area contributed by atoms with E-state index in [9.17, 15) is 0 Å². The van der Waals surface area contributed by atoms with Gasteiger partial charge in [0.15, 0.2) is 0 Å². The van der Waals surface area contributed by atoms with Crippen molar-refractivity contribution in [1.82, 2.24) is 5.43 Å². The standard InChI is InChI=1S/C7H6Br2N2/c8-4-1-2-6-5(3-4)7(9)11-10-6/h1-3,5-6,10H/t5-,6+/m0/s1. The van der Waals surface area contributed by atoms with Gasteiger partial charge in [-0.25, -0.2) is 0 Å². The lowest BCUT2D eigenvalue weighted by atomic mass is 9.98. The monoisotopic (exact) mass is 276 g/mol. The van der Waals surface area contributed by atoms with E-state index in [1.54, 1.807) is 0 Å². The molecule has 0 amide bonds. The summed E-state index contributed by atoms with van der Waals surface area (Å²) in [4.78, 5) is 0. The highest BCUT2D eigenvalue weighted by Crippen LogP contribution is 2.27. The highest BCUT2D eigenvalue weighted by Gasteiger charge is 2.28. The van der Waals surface area contributed by atoms with E-state index in [-0.39, 0.29) is 0 Å². The van der Waals surface area contributed by atoms with Crippen LogP contribution in [0.1, 0.15) is 0 Å². The minimum atomic E-state index is 0.339. The molecular formula is C7H6Br2N2. The van der Waals surface area contributed by atoms with Gasteiger partial charge in [0.1, 0.15) is 4.62 Å². The highest BCUT2D eigenvalue weighted by molar-refractivity contribution is 9.18. The Hall–Kier alpha value is -0.0900. The molecule has 2 atom stereocenters. The Morgan fingerprint density at radius 1 is 1.45 bits per heavy atom. The summed E-state index contributed by atoms with van der Waals surface area (Å²) in [6.07, 6.45) is 6.28. The van der Waals surface area contributed by atoms with Crippen LogP contribution in [-0.2, 0) is 0 Å². The van der Waals surface area contributed by atoms with Crippen molar-refractivity contribution < 1.29 is 0 Å². The Bertz CT molecular complexity index is 268. The van der Waals surface area contributed by atoms with Crippen LogP contribution in [0.5, 0.6) is 0 Å². The maximum absolute atomic E-state index is 4.08. The lowest BCUT2D eigenvalue weighted by Crippen LogP contribution is -2.26. The van der Waals surface area contributed by atoms with E-state index in [4.69, 9.17) is 0 Å². The second-order valence-corrected chi connectivity index (χ2v) is 4.25. The Morgan fingerprint density at radius 2 is 2.27 bits per heavy atom. The molecule has 1 N–H and O–H groups in total. The molecule has 0 bridgehead atoms. The van der Waals surface area contributed by atoms with Crippen molar-refractivity contribution in [1.29, 1.82) is 0 Å². The van der Waals surface area contributed by atoms with Crippen molar-refractivity contribution in [2.45, 2.75) is 6.04 Å². The Labute approximate surface area is 81.7 Å². The van der Waals surface area contributed by atoms with Crippen molar-refractivity contribution in [3.8, 4) is 0 Å². The van der Waals surface area contributed by atoms with Gasteiger partial charge in [-0.1, -0.05) is 34.2 Å². The fourth-order valence-corrected chi connectivity index (χ4v) is 2.15. The fourth-order valence-electron chi connectivity index (χ4n) is 1.20. The first-order valence-electron chi connectivity index (χ1n) is 3.31. The van der Waals surface area contributed by atoms with Crippen molar-refractivity contribution in [3.63, 3.8) is 0 Å². The van der Waals surface area contributed by atoms with Crippen LogP contribution in [0.25, 0.3) is 0 Å². The molecule has 0 radical (unpaired) electrons. The van der Waals surface area contributed by atoms with Crippen LogP contribution in [0.3, 0.4) is 0 Å². The van der Waals surface area contributed by atoms with Crippen molar-refractivity contribution in [2.75, 3.05) is 0 Å². The van der Waals surface area contributed by atoms with E-state index in [0.29, 0.717) is 12.0 Å². The van der Waals surface area contributed by atoms with Gasteiger partial charge in [0.05, 0.1) is 12.0 Å². The minimum absolute atomic E-state index is 0.339. The molecule has 0 aromatic carbocycles. The first-order chi connectivity index (χ1) is 5.27. The van der Waals surface area contributed by atoms with E-state index < -0.39 is 0 Å². The molecule has 0 saturated carbocycles. The summed E-state index contributed by atoms with van der Waals surface area (Å²) in [5, 5.41) is 4.08. The first-order valence-corrected chi connectivity index (χ1v) is 4.90. The van der Waals surface area contributed by atoms with Crippen LogP contribution in [0.4, 0.5) is 0 Å². The molecule has 2 aliphatic rings. The lowest BCUT2D eigenvalue weighted by Gasteiger charge is -2.15. The molecule has 4 heteroatoms. The lowest BCUT2D eigenvalue weighted by molar-refractivity contribution is 0.621. The Kier molecular flexibility index (Phi) is 1.89. The van der Waals surface area contributed by atoms with Gasteiger partial charge in [-0.15, -0.1) is 0 Å². The van der Waals surface area contributed by atoms with E-state index in [1.165, 1.54) is 0 Å². The molecule has 0 spiro atoms.